The van der Waals surface area contributed by atoms with Gasteiger partial charge in [-0.1, -0.05) is 12.1 Å². The fourth-order valence-corrected chi connectivity index (χ4v) is 1.88. The van der Waals surface area contributed by atoms with Crippen LogP contribution in [0.1, 0.15) is 12.5 Å². The van der Waals surface area contributed by atoms with Crippen LogP contribution < -0.4 is 11.1 Å². The third-order valence-electron chi connectivity index (χ3n) is 3.14. The van der Waals surface area contributed by atoms with Crippen molar-refractivity contribution in [1.29, 1.82) is 0 Å². The van der Waals surface area contributed by atoms with Crippen molar-refractivity contribution in [3.05, 3.63) is 29.8 Å². The van der Waals surface area contributed by atoms with Gasteiger partial charge in [-0.2, -0.15) is 0 Å². The zero-order valence-corrected chi connectivity index (χ0v) is 8.95. The summed E-state index contributed by atoms with van der Waals surface area (Å²) in [7, 11) is 1.80. The van der Waals surface area contributed by atoms with E-state index in [1.54, 1.807) is 11.9 Å². The molecule has 2 amide bonds. The summed E-state index contributed by atoms with van der Waals surface area (Å²) < 4.78 is 0. The van der Waals surface area contributed by atoms with Crippen LogP contribution in [0, 0.1) is 0 Å². The van der Waals surface area contributed by atoms with Gasteiger partial charge in [-0.05, 0) is 24.6 Å². The highest BCUT2D eigenvalue weighted by Gasteiger charge is 2.40. The normalized spacial score (nSPS) is 25.5. The molecule has 4 nitrogen and oxygen atoms in total. The summed E-state index contributed by atoms with van der Waals surface area (Å²) in [6.45, 7) is 2.64. The Hall–Kier alpha value is -1.71. The molecule has 1 aromatic rings. The lowest BCUT2D eigenvalue weighted by Crippen LogP contribution is -2.39. The van der Waals surface area contributed by atoms with E-state index in [0.717, 1.165) is 11.3 Å². The van der Waals surface area contributed by atoms with Crippen LogP contribution in [0.4, 0.5) is 10.5 Å². The third-order valence-corrected chi connectivity index (χ3v) is 3.14. The molecule has 0 bridgehead atoms. The molecule has 80 valence electrons. The highest BCUT2D eigenvalue weighted by molar-refractivity contribution is 5.78. The number of amides is 2. The van der Waals surface area contributed by atoms with Gasteiger partial charge in [-0.15, -0.1) is 0 Å². The standard InChI is InChI=1S/C11H15N3O/c1-11(7-13-10(15)14(11)2)8-4-3-5-9(12)6-8/h3-6H,7,12H2,1-2H3,(H,13,15). The first-order chi connectivity index (χ1) is 7.04. The number of hydrogen-bond acceptors (Lipinski definition) is 2. The number of benzene rings is 1. The molecule has 1 atom stereocenters. The number of nitrogen functional groups attached to an aromatic ring is 1. The lowest BCUT2D eigenvalue weighted by molar-refractivity contribution is 0.189. The van der Waals surface area contributed by atoms with E-state index >= 15 is 0 Å². The van der Waals surface area contributed by atoms with Crippen molar-refractivity contribution in [2.45, 2.75) is 12.5 Å². The minimum absolute atomic E-state index is 0.0417. The number of nitrogens with zero attached hydrogens (tertiary/aromatic N) is 1. The average Bonchev–Trinajstić information content (AvgIpc) is 2.48. The van der Waals surface area contributed by atoms with Crippen LogP contribution in [0.2, 0.25) is 0 Å². The monoisotopic (exact) mass is 205 g/mol. The smallest absolute Gasteiger partial charge is 0.318 e. The number of carbonyl (C=O) groups excluding carboxylic acids is 1. The van der Waals surface area contributed by atoms with Gasteiger partial charge in [0.15, 0.2) is 0 Å². The van der Waals surface area contributed by atoms with Crippen molar-refractivity contribution in [2.24, 2.45) is 0 Å². The van der Waals surface area contributed by atoms with E-state index in [1.165, 1.54) is 0 Å². The van der Waals surface area contributed by atoms with Crippen LogP contribution in [0.15, 0.2) is 24.3 Å². The number of anilines is 1. The van der Waals surface area contributed by atoms with Gasteiger partial charge >= 0.3 is 6.03 Å². The molecule has 3 N–H and O–H groups in total. The Kier molecular flexibility index (Phi) is 2.07. The van der Waals surface area contributed by atoms with Crippen molar-refractivity contribution in [3.63, 3.8) is 0 Å². The van der Waals surface area contributed by atoms with Gasteiger partial charge in [-0.25, -0.2) is 4.79 Å². The number of rotatable bonds is 1. The van der Waals surface area contributed by atoms with Gasteiger partial charge in [0.1, 0.15) is 0 Å². The van der Waals surface area contributed by atoms with Crippen LogP contribution in [-0.2, 0) is 5.54 Å². The lowest BCUT2D eigenvalue weighted by atomic mass is 9.91. The van der Waals surface area contributed by atoms with Gasteiger partial charge in [-0.3, -0.25) is 0 Å². The maximum absolute atomic E-state index is 11.4. The van der Waals surface area contributed by atoms with E-state index in [9.17, 15) is 4.79 Å². The second-order valence-corrected chi connectivity index (χ2v) is 4.12. The van der Waals surface area contributed by atoms with Gasteiger partial charge in [0, 0.05) is 19.3 Å². The molecule has 0 aromatic heterocycles. The molecule has 1 saturated heterocycles. The SMILES string of the molecule is CN1C(=O)NCC1(C)c1cccc(N)c1. The molecule has 1 aliphatic heterocycles. The first-order valence-electron chi connectivity index (χ1n) is 4.92. The van der Waals surface area contributed by atoms with E-state index in [2.05, 4.69) is 5.32 Å². The average molecular weight is 205 g/mol. The Bertz CT molecular complexity index is 405. The molecule has 2 rings (SSSR count). The summed E-state index contributed by atoms with van der Waals surface area (Å²) >= 11 is 0. The summed E-state index contributed by atoms with van der Waals surface area (Å²) in [5.41, 5.74) is 7.22. The van der Waals surface area contributed by atoms with Crippen LogP contribution in [0.5, 0.6) is 0 Å². The Morgan fingerprint density at radius 1 is 1.53 bits per heavy atom. The zero-order chi connectivity index (χ0) is 11.1. The number of carbonyl (C=O) groups is 1. The van der Waals surface area contributed by atoms with E-state index in [0.29, 0.717) is 6.54 Å². The van der Waals surface area contributed by atoms with Crippen LogP contribution in [-0.4, -0.2) is 24.5 Å². The maximum atomic E-state index is 11.4. The minimum atomic E-state index is -0.299. The van der Waals surface area contributed by atoms with Gasteiger partial charge in [0.2, 0.25) is 0 Å². The van der Waals surface area contributed by atoms with Crippen LogP contribution >= 0.6 is 0 Å². The largest absolute Gasteiger partial charge is 0.399 e. The molecular weight excluding hydrogens is 190 g/mol. The van der Waals surface area contributed by atoms with Gasteiger partial charge < -0.3 is 16.0 Å². The summed E-state index contributed by atoms with van der Waals surface area (Å²) in [5.74, 6) is 0. The number of hydrogen-bond donors (Lipinski definition) is 2. The summed E-state index contributed by atoms with van der Waals surface area (Å²) in [6.07, 6.45) is 0. The number of likely N-dealkylation sites (N-methyl/N-ethyl adjacent to an activating group) is 1. The fraction of sp³-hybridized carbons (Fsp3) is 0.364. The molecule has 1 unspecified atom stereocenters. The molecule has 1 heterocycles. The van der Waals surface area contributed by atoms with E-state index in [4.69, 9.17) is 5.73 Å². The third kappa shape index (κ3) is 1.42. The van der Waals surface area contributed by atoms with Crippen molar-refractivity contribution < 1.29 is 4.79 Å². The Labute approximate surface area is 89.1 Å². The first kappa shape index (κ1) is 9.83. The highest BCUT2D eigenvalue weighted by atomic mass is 16.2. The van der Waals surface area contributed by atoms with Crippen molar-refractivity contribution in [2.75, 3.05) is 19.3 Å². The Morgan fingerprint density at radius 2 is 2.27 bits per heavy atom. The zero-order valence-electron chi connectivity index (χ0n) is 8.95. The molecule has 1 aliphatic rings. The Morgan fingerprint density at radius 3 is 2.80 bits per heavy atom. The molecule has 0 spiro atoms. The predicted molar refractivity (Wildman–Crippen MR) is 59.4 cm³/mol. The topological polar surface area (TPSA) is 58.4 Å². The van der Waals surface area contributed by atoms with E-state index in [-0.39, 0.29) is 11.6 Å². The minimum Gasteiger partial charge on any atom is -0.399 e. The molecule has 0 radical (unpaired) electrons. The van der Waals surface area contributed by atoms with Gasteiger partial charge in [0.05, 0.1) is 5.54 Å². The number of nitrogens with two attached hydrogens (primary N) is 1. The predicted octanol–water partition coefficient (Wildman–Crippen LogP) is 1.14. The molecule has 0 aliphatic carbocycles. The van der Waals surface area contributed by atoms with E-state index < -0.39 is 0 Å². The quantitative estimate of drug-likeness (QED) is 0.675. The van der Waals surface area contributed by atoms with Crippen molar-refractivity contribution in [1.82, 2.24) is 10.2 Å². The number of urea groups is 1. The summed E-state index contributed by atoms with van der Waals surface area (Å²) in [5, 5.41) is 2.82. The molecule has 4 heteroatoms. The highest BCUT2D eigenvalue weighted by Crippen LogP contribution is 2.30. The fourth-order valence-electron chi connectivity index (χ4n) is 1.88. The lowest BCUT2D eigenvalue weighted by Gasteiger charge is -2.31. The second kappa shape index (κ2) is 3.15. The molecule has 1 aromatic carbocycles. The molecule has 15 heavy (non-hydrogen) atoms. The Balaban J connectivity index is 2.42. The number of nitrogens with one attached hydrogen (secondary N) is 1. The van der Waals surface area contributed by atoms with Crippen molar-refractivity contribution >= 4 is 11.7 Å². The second-order valence-electron chi connectivity index (χ2n) is 4.12. The van der Waals surface area contributed by atoms with E-state index in [1.807, 2.05) is 31.2 Å². The van der Waals surface area contributed by atoms with Gasteiger partial charge in [0.25, 0.3) is 0 Å². The molecular formula is C11H15N3O. The van der Waals surface area contributed by atoms with Crippen LogP contribution in [0.3, 0.4) is 0 Å². The van der Waals surface area contributed by atoms with Crippen molar-refractivity contribution in [3.8, 4) is 0 Å². The summed E-state index contributed by atoms with van der Waals surface area (Å²) in [4.78, 5) is 13.1. The maximum Gasteiger partial charge on any atom is 0.318 e. The molecule has 0 saturated carbocycles. The van der Waals surface area contributed by atoms with Crippen LogP contribution in [0.25, 0.3) is 0 Å². The summed E-state index contributed by atoms with van der Waals surface area (Å²) in [6, 6.07) is 7.62. The molecule has 1 fully saturated rings. The first-order valence-corrected chi connectivity index (χ1v) is 4.92.